The van der Waals surface area contributed by atoms with Gasteiger partial charge in [0.1, 0.15) is 11.4 Å². The van der Waals surface area contributed by atoms with Crippen LogP contribution < -0.4 is 9.80 Å². The summed E-state index contributed by atoms with van der Waals surface area (Å²) in [6, 6.07) is 33.5. The van der Waals surface area contributed by atoms with E-state index in [-0.39, 0.29) is 33.9 Å². The fraction of sp³-hybridized carbons (Fsp3) is 0. The van der Waals surface area contributed by atoms with Gasteiger partial charge in [-0.3, -0.25) is 0 Å². The molecular weight excluding hydrogens is 746 g/mol. The lowest BCUT2D eigenvalue weighted by atomic mass is 9.97. The Bertz CT molecular complexity index is 2600. The summed E-state index contributed by atoms with van der Waals surface area (Å²) in [5.74, 6) is -22.2. The molecule has 0 spiro atoms. The van der Waals surface area contributed by atoms with Crippen LogP contribution in [-0.2, 0) is 0 Å². The van der Waals surface area contributed by atoms with Crippen molar-refractivity contribution in [3.05, 3.63) is 192 Å². The Hall–Kier alpha value is -6.82. The molecule has 8 aromatic rings. The van der Waals surface area contributed by atoms with E-state index >= 15 is 35.1 Å². The Balaban J connectivity index is 1.48. The highest BCUT2D eigenvalue weighted by Gasteiger charge is 2.35. The molecule has 0 fully saturated rings. The van der Waals surface area contributed by atoms with Crippen LogP contribution >= 0.6 is 0 Å². The third-order valence-electron chi connectivity index (χ3n) is 9.42. The third-order valence-corrected chi connectivity index (χ3v) is 9.42. The van der Waals surface area contributed by atoms with Gasteiger partial charge in [0.15, 0.2) is 46.5 Å². The summed E-state index contributed by atoms with van der Waals surface area (Å²) in [6.07, 6.45) is 0. The van der Waals surface area contributed by atoms with E-state index in [1.54, 1.807) is 60.7 Å². The lowest BCUT2D eigenvalue weighted by Gasteiger charge is -2.32. The average molecular weight is 769 g/mol. The number of para-hydroxylation sites is 2. The Labute approximate surface area is 311 Å². The van der Waals surface area contributed by atoms with Gasteiger partial charge < -0.3 is 9.80 Å². The van der Waals surface area contributed by atoms with Crippen LogP contribution in [0.3, 0.4) is 0 Å². The summed E-state index contributed by atoms with van der Waals surface area (Å²) in [5, 5.41) is 1.73. The minimum atomic E-state index is -2.38. The Kier molecular flexibility index (Phi) is 9.11. The quantitative estimate of drug-likeness (QED) is 0.0905. The van der Waals surface area contributed by atoms with Crippen molar-refractivity contribution in [2.75, 3.05) is 9.80 Å². The Morgan fingerprint density at radius 2 is 0.518 bits per heavy atom. The Morgan fingerprint density at radius 3 is 0.893 bits per heavy atom. The molecule has 0 saturated carbocycles. The summed E-state index contributed by atoms with van der Waals surface area (Å²) in [4.78, 5) is 1.68. The first-order chi connectivity index (χ1) is 27.0. The van der Waals surface area contributed by atoms with Crippen LogP contribution in [-0.4, -0.2) is 0 Å². The van der Waals surface area contributed by atoms with Gasteiger partial charge in [-0.2, -0.15) is 0 Å². The SMILES string of the molecule is Fc1c(F)c(F)c(N(c2ccccc2-c2ccccc2N(c2c(F)c(F)c(F)c(F)c2F)c2cccc3ccccc23)c2cccc3ccccc23)c(F)c1F. The van der Waals surface area contributed by atoms with E-state index in [0.717, 1.165) is 9.80 Å². The predicted molar refractivity (Wildman–Crippen MR) is 196 cm³/mol. The molecule has 278 valence electrons. The summed E-state index contributed by atoms with van der Waals surface area (Å²) >= 11 is 0. The standard InChI is InChI=1S/C44H22F10N2/c45-33-35(47)39(51)43(40(52)36(33)48)55(29-21-9-13-23-11-1-3-15-25(23)29)31-19-7-5-17-27(31)28-18-6-8-20-32(28)56(30-22-10-14-24-12-2-4-16-26(24)30)44-41(53)37(49)34(46)38(50)42(44)54/h1-22H. The zero-order valence-corrected chi connectivity index (χ0v) is 28.4. The van der Waals surface area contributed by atoms with Gasteiger partial charge in [-0.15, -0.1) is 0 Å². The molecule has 0 aromatic heterocycles. The number of hydrogen-bond acceptors (Lipinski definition) is 2. The lowest BCUT2D eigenvalue weighted by Crippen LogP contribution is -2.19. The first-order valence-corrected chi connectivity index (χ1v) is 16.8. The Morgan fingerprint density at radius 1 is 0.250 bits per heavy atom. The second-order valence-corrected chi connectivity index (χ2v) is 12.5. The molecule has 8 aromatic carbocycles. The van der Waals surface area contributed by atoms with Crippen LogP contribution in [0, 0.1) is 58.2 Å². The van der Waals surface area contributed by atoms with Crippen LogP contribution in [0.25, 0.3) is 32.7 Å². The van der Waals surface area contributed by atoms with Crippen molar-refractivity contribution < 1.29 is 43.9 Å². The van der Waals surface area contributed by atoms with Crippen molar-refractivity contribution in [3.63, 3.8) is 0 Å². The van der Waals surface area contributed by atoms with Crippen LogP contribution in [0.4, 0.5) is 78.0 Å². The van der Waals surface area contributed by atoms with Crippen LogP contribution in [0.15, 0.2) is 133 Å². The lowest BCUT2D eigenvalue weighted by molar-refractivity contribution is 0.380. The molecule has 56 heavy (non-hydrogen) atoms. The van der Waals surface area contributed by atoms with Crippen LogP contribution in [0.5, 0.6) is 0 Å². The van der Waals surface area contributed by atoms with E-state index in [9.17, 15) is 8.78 Å². The molecule has 0 aliphatic rings. The van der Waals surface area contributed by atoms with Crippen molar-refractivity contribution in [2.45, 2.75) is 0 Å². The molecule has 2 nitrogen and oxygen atoms in total. The van der Waals surface area contributed by atoms with Crippen LogP contribution in [0.1, 0.15) is 0 Å². The average Bonchev–Trinajstić information content (AvgIpc) is 3.23. The summed E-state index contributed by atoms with van der Waals surface area (Å²) < 4.78 is 153. The van der Waals surface area contributed by atoms with Gasteiger partial charge in [0, 0.05) is 21.9 Å². The molecular formula is C44H22F10N2. The number of fused-ring (bicyclic) bond motifs is 2. The van der Waals surface area contributed by atoms with Crippen molar-refractivity contribution in [1.29, 1.82) is 0 Å². The molecule has 0 N–H and O–H groups in total. The zero-order valence-electron chi connectivity index (χ0n) is 28.4. The number of benzene rings is 8. The molecule has 0 radical (unpaired) electrons. The van der Waals surface area contributed by atoms with Crippen molar-refractivity contribution in [2.24, 2.45) is 0 Å². The maximum atomic E-state index is 16.0. The summed E-state index contributed by atoms with van der Waals surface area (Å²) in [6.45, 7) is 0. The maximum absolute atomic E-state index is 16.0. The number of halogens is 10. The second-order valence-electron chi connectivity index (χ2n) is 12.5. The number of anilines is 6. The van der Waals surface area contributed by atoms with Gasteiger partial charge in [-0.1, -0.05) is 109 Å². The summed E-state index contributed by atoms with van der Waals surface area (Å²) in [7, 11) is 0. The number of rotatable bonds is 7. The van der Waals surface area contributed by atoms with E-state index < -0.39 is 69.5 Å². The predicted octanol–water partition coefficient (Wildman–Crippen LogP) is 14.0. The number of nitrogens with zero attached hydrogens (tertiary/aromatic N) is 2. The zero-order chi connectivity index (χ0) is 39.4. The highest BCUT2D eigenvalue weighted by molar-refractivity contribution is 6.05. The largest absolute Gasteiger partial charge is 0.304 e. The van der Waals surface area contributed by atoms with Gasteiger partial charge >= 0.3 is 0 Å². The molecule has 8 rings (SSSR count). The molecule has 12 heteroatoms. The van der Waals surface area contributed by atoms with E-state index in [1.165, 1.54) is 72.8 Å². The van der Waals surface area contributed by atoms with Gasteiger partial charge in [0.2, 0.25) is 11.6 Å². The maximum Gasteiger partial charge on any atom is 0.200 e. The summed E-state index contributed by atoms with van der Waals surface area (Å²) in [5.41, 5.74) is -3.11. The van der Waals surface area contributed by atoms with E-state index in [1.807, 2.05) is 0 Å². The monoisotopic (exact) mass is 768 g/mol. The van der Waals surface area contributed by atoms with Gasteiger partial charge in [0.05, 0.1) is 22.7 Å². The fourth-order valence-electron chi connectivity index (χ4n) is 6.92. The van der Waals surface area contributed by atoms with Crippen molar-refractivity contribution in [3.8, 4) is 11.1 Å². The van der Waals surface area contributed by atoms with Gasteiger partial charge in [0.25, 0.3) is 0 Å². The molecule has 0 aliphatic heterocycles. The molecule has 0 heterocycles. The first-order valence-electron chi connectivity index (χ1n) is 16.8. The smallest absolute Gasteiger partial charge is 0.200 e. The molecule has 0 atom stereocenters. The van der Waals surface area contributed by atoms with E-state index in [2.05, 4.69) is 0 Å². The minimum absolute atomic E-state index is 0.00548. The van der Waals surface area contributed by atoms with Gasteiger partial charge in [-0.25, -0.2) is 43.9 Å². The third kappa shape index (κ3) is 5.67. The number of hydrogen-bond donors (Lipinski definition) is 0. The van der Waals surface area contributed by atoms with E-state index in [0.29, 0.717) is 21.5 Å². The van der Waals surface area contributed by atoms with Gasteiger partial charge in [-0.05, 0) is 35.0 Å². The highest BCUT2D eigenvalue weighted by atomic mass is 19.2. The van der Waals surface area contributed by atoms with Crippen molar-refractivity contribution in [1.82, 2.24) is 0 Å². The molecule has 0 bridgehead atoms. The fourth-order valence-corrected chi connectivity index (χ4v) is 6.92. The van der Waals surface area contributed by atoms with Crippen molar-refractivity contribution >= 4 is 55.7 Å². The first kappa shape index (κ1) is 36.2. The second kappa shape index (κ2) is 14.1. The molecule has 0 unspecified atom stereocenters. The molecule has 0 aliphatic carbocycles. The topological polar surface area (TPSA) is 6.48 Å². The molecule has 0 amide bonds. The van der Waals surface area contributed by atoms with E-state index in [4.69, 9.17) is 0 Å². The highest BCUT2D eigenvalue weighted by Crippen LogP contribution is 2.51. The molecule has 0 saturated heterocycles. The normalized spacial score (nSPS) is 11.4. The minimum Gasteiger partial charge on any atom is -0.304 e. The van der Waals surface area contributed by atoms with Crippen LogP contribution in [0.2, 0.25) is 0 Å².